The Morgan fingerprint density at radius 2 is 2.16 bits per heavy atom. The number of benzene rings is 1. The van der Waals surface area contributed by atoms with Crippen LogP contribution >= 0.6 is 0 Å². The lowest BCUT2D eigenvalue weighted by Crippen LogP contribution is -2.24. The minimum absolute atomic E-state index is 0.149. The van der Waals surface area contributed by atoms with Crippen molar-refractivity contribution in [2.75, 3.05) is 6.61 Å². The molecule has 0 amide bonds. The van der Waals surface area contributed by atoms with Crippen LogP contribution in [0.2, 0.25) is 0 Å². The number of hydrogen-bond donors (Lipinski definition) is 2. The first-order valence-electron chi connectivity index (χ1n) is 5.76. The van der Waals surface area contributed by atoms with E-state index in [1.165, 1.54) is 6.07 Å². The lowest BCUT2D eigenvalue weighted by atomic mass is 10.00. The summed E-state index contributed by atoms with van der Waals surface area (Å²) in [6, 6.07) is 3.39. The standard InChI is InChI=1S/C13H15FO5/c1-2-19-12(17)6-11(16)13(18)9-5-8(7-15)3-4-10(9)14/h3-5,7,11,13,16,18H,2,6H2,1H3. The fourth-order valence-electron chi connectivity index (χ4n) is 1.57. The minimum atomic E-state index is -1.61. The summed E-state index contributed by atoms with van der Waals surface area (Å²) in [5, 5.41) is 19.4. The predicted molar refractivity (Wildman–Crippen MR) is 64.0 cm³/mol. The van der Waals surface area contributed by atoms with Crippen LogP contribution < -0.4 is 0 Å². The van der Waals surface area contributed by atoms with Gasteiger partial charge in [-0.05, 0) is 25.1 Å². The van der Waals surface area contributed by atoms with Crippen LogP contribution in [-0.4, -0.2) is 35.2 Å². The normalized spacial score (nSPS) is 13.7. The van der Waals surface area contributed by atoms with Crippen LogP contribution in [-0.2, 0) is 9.53 Å². The van der Waals surface area contributed by atoms with E-state index < -0.39 is 30.4 Å². The zero-order valence-electron chi connectivity index (χ0n) is 10.4. The van der Waals surface area contributed by atoms with Gasteiger partial charge in [0.15, 0.2) is 0 Å². The van der Waals surface area contributed by atoms with E-state index in [0.29, 0.717) is 6.29 Å². The highest BCUT2D eigenvalue weighted by molar-refractivity contribution is 5.75. The van der Waals surface area contributed by atoms with Crippen LogP contribution in [0.15, 0.2) is 18.2 Å². The predicted octanol–water partition coefficient (Wildman–Crippen LogP) is 0.986. The fraction of sp³-hybridized carbons (Fsp3) is 0.385. The second-order valence-electron chi connectivity index (χ2n) is 3.92. The summed E-state index contributed by atoms with van der Waals surface area (Å²) in [7, 11) is 0. The van der Waals surface area contributed by atoms with Gasteiger partial charge in [0.2, 0.25) is 0 Å². The number of carbonyl (C=O) groups is 2. The van der Waals surface area contributed by atoms with Gasteiger partial charge in [-0.25, -0.2) is 4.39 Å². The number of carbonyl (C=O) groups excluding carboxylic acids is 2. The molecule has 0 radical (unpaired) electrons. The van der Waals surface area contributed by atoms with Gasteiger partial charge in [0, 0.05) is 11.1 Å². The van der Waals surface area contributed by atoms with E-state index >= 15 is 0 Å². The van der Waals surface area contributed by atoms with E-state index in [-0.39, 0.29) is 17.7 Å². The summed E-state index contributed by atoms with van der Waals surface area (Å²) in [6.07, 6.45) is -3.08. The molecule has 0 saturated heterocycles. The molecule has 1 aromatic rings. The van der Waals surface area contributed by atoms with Crippen molar-refractivity contribution in [3.05, 3.63) is 35.1 Å². The molecule has 0 fully saturated rings. The molecule has 2 N–H and O–H groups in total. The first kappa shape index (κ1) is 15.3. The lowest BCUT2D eigenvalue weighted by molar-refractivity contribution is -0.147. The molecule has 0 bridgehead atoms. The Labute approximate surface area is 109 Å². The summed E-state index contributed by atoms with van der Waals surface area (Å²) in [4.78, 5) is 21.7. The Morgan fingerprint density at radius 1 is 1.47 bits per heavy atom. The van der Waals surface area contributed by atoms with Crippen LogP contribution in [0.3, 0.4) is 0 Å². The zero-order chi connectivity index (χ0) is 14.4. The third-order valence-electron chi connectivity index (χ3n) is 2.52. The maximum Gasteiger partial charge on any atom is 0.308 e. The molecule has 0 spiro atoms. The van der Waals surface area contributed by atoms with E-state index in [4.69, 9.17) is 0 Å². The van der Waals surface area contributed by atoms with Crippen molar-refractivity contribution in [3.8, 4) is 0 Å². The molecule has 1 aromatic carbocycles. The van der Waals surface area contributed by atoms with Crippen molar-refractivity contribution in [1.82, 2.24) is 0 Å². The van der Waals surface area contributed by atoms with Crippen molar-refractivity contribution in [1.29, 1.82) is 0 Å². The Kier molecular flexibility index (Phi) is 5.59. The molecular formula is C13H15FO5. The highest BCUT2D eigenvalue weighted by Gasteiger charge is 2.24. The number of esters is 1. The van der Waals surface area contributed by atoms with Gasteiger partial charge in [-0.2, -0.15) is 0 Å². The summed E-state index contributed by atoms with van der Waals surface area (Å²) in [5.41, 5.74) is -0.0693. The number of aliphatic hydroxyl groups is 2. The summed E-state index contributed by atoms with van der Waals surface area (Å²) in [5.74, 6) is -1.46. The van der Waals surface area contributed by atoms with Crippen LogP contribution in [0.1, 0.15) is 35.4 Å². The highest BCUT2D eigenvalue weighted by atomic mass is 19.1. The molecule has 0 aliphatic rings. The number of aldehydes is 1. The quantitative estimate of drug-likeness (QED) is 0.595. The second-order valence-corrected chi connectivity index (χ2v) is 3.92. The molecule has 19 heavy (non-hydrogen) atoms. The third kappa shape index (κ3) is 4.11. The molecule has 104 valence electrons. The highest BCUT2D eigenvalue weighted by Crippen LogP contribution is 2.23. The van der Waals surface area contributed by atoms with Crippen LogP contribution in [0.5, 0.6) is 0 Å². The molecule has 5 nitrogen and oxygen atoms in total. The number of halogens is 1. The van der Waals surface area contributed by atoms with Gasteiger partial charge in [0.1, 0.15) is 18.2 Å². The van der Waals surface area contributed by atoms with E-state index in [9.17, 15) is 24.2 Å². The van der Waals surface area contributed by atoms with Crippen molar-refractivity contribution < 1.29 is 28.9 Å². The number of aliphatic hydroxyl groups excluding tert-OH is 2. The summed E-state index contributed by atoms with van der Waals surface area (Å²) in [6.45, 7) is 1.75. The molecule has 2 unspecified atom stereocenters. The second kappa shape index (κ2) is 6.96. The molecule has 6 heteroatoms. The average molecular weight is 270 g/mol. The lowest BCUT2D eigenvalue weighted by Gasteiger charge is -2.18. The van der Waals surface area contributed by atoms with Gasteiger partial charge in [-0.15, -0.1) is 0 Å². The van der Waals surface area contributed by atoms with Gasteiger partial charge in [0.25, 0.3) is 0 Å². The maximum absolute atomic E-state index is 13.5. The van der Waals surface area contributed by atoms with E-state index in [0.717, 1.165) is 12.1 Å². The van der Waals surface area contributed by atoms with Crippen molar-refractivity contribution in [2.24, 2.45) is 0 Å². The first-order chi connectivity index (χ1) is 8.99. The average Bonchev–Trinajstić information content (AvgIpc) is 2.38. The van der Waals surface area contributed by atoms with Gasteiger partial charge < -0.3 is 14.9 Å². The van der Waals surface area contributed by atoms with Gasteiger partial charge >= 0.3 is 5.97 Å². The first-order valence-corrected chi connectivity index (χ1v) is 5.76. The molecule has 1 rings (SSSR count). The third-order valence-corrected chi connectivity index (χ3v) is 2.52. The van der Waals surface area contributed by atoms with Gasteiger partial charge in [-0.3, -0.25) is 9.59 Å². The van der Waals surface area contributed by atoms with Crippen molar-refractivity contribution in [2.45, 2.75) is 25.6 Å². The van der Waals surface area contributed by atoms with E-state index in [1.807, 2.05) is 0 Å². The molecule has 0 aliphatic carbocycles. The van der Waals surface area contributed by atoms with E-state index in [1.54, 1.807) is 6.92 Å². The number of rotatable bonds is 6. The van der Waals surface area contributed by atoms with Gasteiger partial charge in [-0.1, -0.05) is 0 Å². The van der Waals surface area contributed by atoms with Crippen LogP contribution in [0.25, 0.3) is 0 Å². The Morgan fingerprint density at radius 3 is 2.74 bits per heavy atom. The number of hydrogen-bond acceptors (Lipinski definition) is 5. The monoisotopic (exact) mass is 270 g/mol. The van der Waals surface area contributed by atoms with Crippen LogP contribution in [0, 0.1) is 5.82 Å². The maximum atomic E-state index is 13.5. The minimum Gasteiger partial charge on any atom is -0.466 e. The van der Waals surface area contributed by atoms with Gasteiger partial charge in [0.05, 0.1) is 19.1 Å². The van der Waals surface area contributed by atoms with E-state index in [2.05, 4.69) is 4.74 Å². The Hall–Kier alpha value is -1.79. The smallest absolute Gasteiger partial charge is 0.308 e. The molecular weight excluding hydrogens is 255 g/mol. The fourth-order valence-corrected chi connectivity index (χ4v) is 1.57. The van der Waals surface area contributed by atoms with Crippen molar-refractivity contribution in [3.63, 3.8) is 0 Å². The molecule has 0 heterocycles. The van der Waals surface area contributed by atoms with Crippen LogP contribution in [0.4, 0.5) is 4.39 Å². The van der Waals surface area contributed by atoms with Crippen molar-refractivity contribution >= 4 is 12.3 Å². The SMILES string of the molecule is CCOC(=O)CC(O)C(O)c1cc(C=O)ccc1F. The Bertz CT molecular complexity index is 460. The molecule has 2 atom stereocenters. The number of ether oxygens (including phenoxy) is 1. The molecule has 0 saturated carbocycles. The Balaban J connectivity index is 2.83. The summed E-state index contributed by atoms with van der Waals surface area (Å²) >= 11 is 0. The summed E-state index contributed by atoms with van der Waals surface area (Å²) < 4.78 is 18.1. The molecule has 0 aliphatic heterocycles. The largest absolute Gasteiger partial charge is 0.466 e. The molecule has 0 aromatic heterocycles. The zero-order valence-corrected chi connectivity index (χ0v) is 10.4. The topological polar surface area (TPSA) is 83.8 Å².